The number of carboxylic acids is 1. The first kappa shape index (κ1) is 19.5. The Balaban J connectivity index is 2.22. The Morgan fingerprint density at radius 1 is 1.19 bits per heavy atom. The minimum Gasteiger partial charge on any atom is -0.493 e. The number of ether oxygens (including phenoxy) is 2. The minimum atomic E-state index is -1.23. The summed E-state index contributed by atoms with van der Waals surface area (Å²) in [5.41, 5.74) is 1.32. The molecule has 0 unspecified atom stereocenters. The van der Waals surface area contributed by atoms with Crippen LogP contribution in [0.3, 0.4) is 0 Å². The van der Waals surface area contributed by atoms with Crippen molar-refractivity contribution in [2.24, 2.45) is 0 Å². The van der Waals surface area contributed by atoms with Crippen LogP contribution in [0.1, 0.15) is 18.1 Å². The summed E-state index contributed by atoms with van der Waals surface area (Å²) in [5.74, 6) is -0.706. The van der Waals surface area contributed by atoms with Gasteiger partial charge in [-0.25, -0.2) is 4.79 Å². The number of hydrogen-bond acceptors (Lipinski definition) is 4. The topological polar surface area (TPSA) is 84.9 Å². The molecular weight excluding hydrogens is 402 g/mol. The van der Waals surface area contributed by atoms with Crippen molar-refractivity contribution in [3.05, 3.63) is 63.8 Å². The van der Waals surface area contributed by atoms with Crippen LogP contribution in [0, 0.1) is 0 Å². The number of amides is 1. The smallest absolute Gasteiger partial charge is 0.352 e. The molecule has 2 aromatic rings. The Bertz CT molecular complexity index is 848. The molecule has 0 heterocycles. The van der Waals surface area contributed by atoms with Crippen LogP contribution in [-0.4, -0.2) is 24.1 Å². The average Bonchev–Trinajstić information content (AvgIpc) is 2.60. The molecule has 2 N–H and O–H groups in total. The monoisotopic (exact) mass is 419 g/mol. The second-order valence-corrected chi connectivity index (χ2v) is 6.19. The van der Waals surface area contributed by atoms with Gasteiger partial charge in [0.2, 0.25) is 5.91 Å². The molecule has 0 aliphatic carbocycles. The second-order valence-electron chi connectivity index (χ2n) is 5.33. The van der Waals surface area contributed by atoms with Gasteiger partial charge in [-0.3, -0.25) is 4.79 Å². The summed E-state index contributed by atoms with van der Waals surface area (Å²) in [7, 11) is 1.50. The highest BCUT2D eigenvalue weighted by atomic mass is 79.9. The van der Waals surface area contributed by atoms with Crippen molar-refractivity contribution in [3.8, 4) is 11.5 Å². The summed E-state index contributed by atoms with van der Waals surface area (Å²) in [5, 5.41) is 11.4. The molecule has 0 radical (unpaired) electrons. The maximum absolute atomic E-state index is 11.2. The molecule has 136 valence electrons. The SMILES string of the molecule is COc1cc(C=C(NC(C)=O)C(=O)O)ccc1OCc1ccccc1Br. The number of carboxylic acid groups (broad SMARTS) is 1. The fourth-order valence-electron chi connectivity index (χ4n) is 2.17. The van der Waals surface area contributed by atoms with E-state index in [9.17, 15) is 9.59 Å². The van der Waals surface area contributed by atoms with E-state index >= 15 is 0 Å². The van der Waals surface area contributed by atoms with Gasteiger partial charge in [0, 0.05) is 17.0 Å². The van der Waals surface area contributed by atoms with E-state index in [4.69, 9.17) is 14.6 Å². The average molecular weight is 420 g/mol. The van der Waals surface area contributed by atoms with Crippen LogP contribution in [0.25, 0.3) is 6.08 Å². The van der Waals surface area contributed by atoms with Gasteiger partial charge in [0.15, 0.2) is 11.5 Å². The van der Waals surface area contributed by atoms with E-state index in [1.54, 1.807) is 18.2 Å². The Morgan fingerprint density at radius 2 is 1.92 bits per heavy atom. The molecule has 0 spiro atoms. The standard InChI is InChI=1S/C19H18BrNO5/c1-12(22)21-16(19(23)24)9-13-7-8-17(18(10-13)25-2)26-11-14-5-3-4-6-15(14)20/h3-10H,11H2,1-2H3,(H,21,22)(H,23,24). The molecule has 0 fully saturated rings. The Hall–Kier alpha value is -2.80. The highest BCUT2D eigenvalue weighted by molar-refractivity contribution is 9.10. The predicted molar refractivity (Wildman–Crippen MR) is 101 cm³/mol. The molecule has 0 bridgehead atoms. The summed E-state index contributed by atoms with van der Waals surface area (Å²) >= 11 is 3.47. The molecule has 2 rings (SSSR count). The van der Waals surface area contributed by atoms with Gasteiger partial charge in [0.05, 0.1) is 7.11 Å². The van der Waals surface area contributed by atoms with Crippen LogP contribution < -0.4 is 14.8 Å². The highest BCUT2D eigenvalue weighted by Gasteiger charge is 2.11. The number of carbonyl (C=O) groups excluding carboxylic acids is 1. The van der Waals surface area contributed by atoms with Crippen molar-refractivity contribution in [2.45, 2.75) is 13.5 Å². The van der Waals surface area contributed by atoms with Crippen LogP contribution in [0.15, 0.2) is 52.6 Å². The van der Waals surface area contributed by atoms with Gasteiger partial charge in [0.1, 0.15) is 12.3 Å². The first-order chi connectivity index (χ1) is 12.4. The van der Waals surface area contributed by atoms with E-state index in [-0.39, 0.29) is 5.70 Å². The largest absolute Gasteiger partial charge is 0.493 e. The molecular formula is C19H18BrNO5. The zero-order chi connectivity index (χ0) is 19.1. The van der Waals surface area contributed by atoms with Gasteiger partial charge < -0.3 is 19.9 Å². The molecule has 26 heavy (non-hydrogen) atoms. The lowest BCUT2D eigenvalue weighted by molar-refractivity contribution is -0.134. The third-order valence-electron chi connectivity index (χ3n) is 3.38. The molecule has 7 heteroatoms. The summed E-state index contributed by atoms with van der Waals surface area (Å²) in [6, 6.07) is 12.7. The molecule has 6 nitrogen and oxygen atoms in total. The quantitative estimate of drug-likeness (QED) is 0.669. The van der Waals surface area contributed by atoms with Crippen molar-refractivity contribution < 1.29 is 24.2 Å². The summed E-state index contributed by atoms with van der Waals surface area (Å²) < 4.78 is 12.1. The van der Waals surface area contributed by atoms with E-state index in [0.717, 1.165) is 10.0 Å². The highest BCUT2D eigenvalue weighted by Crippen LogP contribution is 2.30. The van der Waals surface area contributed by atoms with Crippen molar-refractivity contribution in [2.75, 3.05) is 7.11 Å². The Morgan fingerprint density at radius 3 is 2.54 bits per heavy atom. The van der Waals surface area contributed by atoms with Gasteiger partial charge in [0.25, 0.3) is 0 Å². The number of hydrogen-bond donors (Lipinski definition) is 2. The second kappa shape index (κ2) is 9.05. The molecule has 0 atom stereocenters. The Kier molecular flexibility index (Phi) is 6.80. The lowest BCUT2D eigenvalue weighted by atomic mass is 10.1. The summed E-state index contributed by atoms with van der Waals surface area (Å²) in [6.45, 7) is 1.59. The molecule has 0 aromatic heterocycles. The number of rotatable bonds is 7. The van der Waals surface area contributed by atoms with Crippen molar-refractivity contribution in [3.63, 3.8) is 0 Å². The lowest BCUT2D eigenvalue weighted by Crippen LogP contribution is -2.24. The third kappa shape index (κ3) is 5.35. The lowest BCUT2D eigenvalue weighted by Gasteiger charge is -2.12. The number of carbonyl (C=O) groups is 2. The maximum atomic E-state index is 11.2. The minimum absolute atomic E-state index is 0.221. The zero-order valence-electron chi connectivity index (χ0n) is 14.3. The van der Waals surface area contributed by atoms with Gasteiger partial charge in [-0.05, 0) is 29.8 Å². The van der Waals surface area contributed by atoms with E-state index in [2.05, 4.69) is 21.2 Å². The normalized spacial score (nSPS) is 11.0. The van der Waals surface area contributed by atoms with Gasteiger partial charge >= 0.3 is 5.97 Å². The van der Waals surface area contributed by atoms with E-state index < -0.39 is 11.9 Å². The number of nitrogens with one attached hydrogen (secondary N) is 1. The number of aliphatic carboxylic acids is 1. The third-order valence-corrected chi connectivity index (χ3v) is 4.15. The molecule has 0 aliphatic rings. The predicted octanol–water partition coefficient (Wildman–Crippen LogP) is 3.60. The first-order valence-electron chi connectivity index (χ1n) is 7.67. The fraction of sp³-hybridized carbons (Fsp3) is 0.158. The molecule has 2 aromatic carbocycles. The maximum Gasteiger partial charge on any atom is 0.352 e. The molecule has 0 saturated carbocycles. The van der Waals surface area contributed by atoms with E-state index in [1.807, 2.05) is 24.3 Å². The van der Waals surface area contributed by atoms with Crippen molar-refractivity contribution in [1.82, 2.24) is 5.32 Å². The molecule has 1 amide bonds. The molecule has 0 saturated heterocycles. The summed E-state index contributed by atoms with van der Waals surface area (Å²) in [6.07, 6.45) is 1.35. The Labute approximate surface area is 159 Å². The number of methoxy groups -OCH3 is 1. The van der Waals surface area contributed by atoms with E-state index in [0.29, 0.717) is 23.7 Å². The van der Waals surface area contributed by atoms with Crippen molar-refractivity contribution >= 4 is 33.9 Å². The van der Waals surface area contributed by atoms with Gasteiger partial charge in [-0.2, -0.15) is 0 Å². The van der Waals surface area contributed by atoms with Crippen LogP contribution in [0.5, 0.6) is 11.5 Å². The van der Waals surface area contributed by atoms with Gasteiger partial charge in [-0.1, -0.05) is 40.2 Å². The molecule has 0 aliphatic heterocycles. The van der Waals surface area contributed by atoms with Crippen molar-refractivity contribution in [1.29, 1.82) is 0 Å². The zero-order valence-corrected chi connectivity index (χ0v) is 15.9. The number of halogens is 1. The van der Waals surface area contributed by atoms with Gasteiger partial charge in [-0.15, -0.1) is 0 Å². The van der Waals surface area contributed by atoms with Crippen LogP contribution >= 0.6 is 15.9 Å². The van der Waals surface area contributed by atoms with Crippen LogP contribution in [0.2, 0.25) is 0 Å². The first-order valence-corrected chi connectivity index (χ1v) is 8.47. The number of benzene rings is 2. The van der Waals surface area contributed by atoms with Crippen LogP contribution in [-0.2, 0) is 16.2 Å². The fourth-order valence-corrected chi connectivity index (χ4v) is 2.57. The summed E-state index contributed by atoms with van der Waals surface area (Å²) in [4.78, 5) is 22.3. The van der Waals surface area contributed by atoms with Crippen LogP contribution in [0.4, 0.5) is 0 Å². The van der Waals surface area contributed by atoms with E-state index in [1.165, 1.54) is 20.1 Å².